The van der Waals surface area contributed by atoms with E-state index in [1.807, 2.05) is 0 Å². The van der Waals surface area contributed by atoms with Crippen LogP contribution in [0.4, 0.5) is 0 Å². The second kappa shape index (κ2) is 2.17. The van der Waals surface area contributed by atoms with E-state index in [0.717, 1.165) is 0 Å². The quantitative estimate of drug-likeness (QED) is 0.555. The van der Waals surface area contributed by atoms with Gasteiger partial charge >= 0.3 is 0 Å². The highest BCUT2D eigenvalue weighted by Gasteiger charge is 2.56. The van der Waals surface area contributed by atoms with Gasteiger partial charge < -0.3 is 14.7 Å². The summed E-state index contributed by atoms with van der Waals surface area (Å²) in [6.45, 7) is 1.05. The number of morpholine rings is 1. The Hall–Kier alpha value is -0.160. The molecule has 0 aromatic heterocycles. The molecule has 0 saturated carbocycles. The van der Waals surface area contributed by atoms with Gasteiger partial charge in [-0.2, -0.15) is 5.06 Å². The largest absolute Gasteiger partial charge is 0.388 e. The van der Waals surface area contributed by atoms with Gasteiger partial charge in [0.15, 0.2) is 0 Å². The van der Waals surface area contributed by atoms with E-state index >= 15 is 0 Å². The molecule has 11 heavy (non-hydrogen) atoms. The van der Waals surface area contributed by atoms with Gasteiger partial charge in [-0.05, 0) is 6.90 Å². The summed E-state index contributed by atoms with van der Waals surface area (Å²) in [7, 11) is 1.57. The topological polar surface area (TPSA) is 41.9 Å². The van der Waals surface area contributed by atoms with Crippen LogP contribution >= 0.6 is 0 Å². The molecule has 2 bridgehead atoms. The Morgan fingerprint density at radius 2 is 2.73 bits per heavy atom. The van der Waals surface area contributed by atoms with Crippen molar-refractivity contribution in [3.05, 3.63) is 0 Å². The highest BCUT2D eigenvalue weighted by molar-refractivity contribution is 5.05. The van der Waals surface area contributed by atoms with Crippen molar-refractivity contribution in [2.45, 2.75) is 24.6 Å². The number of ether oxygens (including phenoxy) is 1. The lowest BCUT2D eigenvalue weighted by atomic mass is 10.0. The minimum absolute atomic E-state index is 0.0830. The first kappa shape index (κ1) is 6.37. The summed E-state index contributed by atoms with van der Waals surface area (Å²) in [5, 5.41) is 11.4. The van der Waals surface area contributed by atoms with Crippen molar-refractivity contribution >= 4 is 0 Å². The molecule has 2 saturated heterocycles. The lowest BCUT2D eigenvalue weighted by Crippen LogP contribution is -2.40. The van der Waals surface area contributed by atoms with Crippen LogP contribution in [0.1, 0.15) is 8.27 Å². The Balaban J connectivity index is 2.18. The fourth-order valence-corrected chi connectivity index (χ4v) is 1.74. The van der Waals surface area contributed by atoms with Gasteiger partial charge in [0.2, 0.25) is 0 Å². The zero-order valence-electron chi connectivity index (χ0n) is 7.49. The number of aliphatic hydroxyl groups is 1. The highest BCUT2D eigenvalue weighted by atomic mass is 16.7. The van der Waals surface area contributed by atoms with Gasteiger partial charge in [0.25, 0.3) is 0 Å². The molecule has 0 radical (unpaired) electrons. The Morgan fingerprint density at radius 1 is 1.91 bits per heavy atom. The molecule has 2 aliphatic heterocycles. The van der Waals surface area contributed by atoms with Gasteiger partial charge in [0, 0.05) is 1.37 Å². The normalized spacial score (nSPS) is 51.6. The van der Waals surface area contributed by atoms with Crippen molar-refractivity contribution in [1.29, 1.82) is 0 Å². The average Bonchev–Trinajstić information content (AvgIpc) is 2.58. The van der Waals surface area contributed by atoms with E-state index in [1.54, 1.807) is 12.2 Å². The molecule has 4 nitrogen and oxygen atoms in total. The fourth-order valence-electron chi connectivity index (χ4n) is 1.74. The lowest BCUT2D eigenvalue weighted by molar-refractivity contribution is -0.191. The van der Waals surface area contributed by atoms with E-state index in [-0.39, 0.29) is 12.9 Å². The molecule has 2 rings (SSSR count). The molecule has 64 valence electrons. The Morgan fingerprint density at radius 3 is 3.18 bits per heavy atom. The molecule has 2 heterocycles. The van der Waals surface area contributed by atoms with Gasteiger partial charge in [0.1, 0.15) is 11.7 Å². The first-order chi connectivity index (χ1) is 5.73. The van der Waals surface area contributed by atoms with E-state index < -0.39 is 11.7 Å². The van der Waals surface area contributed by atoms with Crippen molar-refractivity contribution in [1.82, 2.24) is 5.06 Å². The predicted molar refractivity (Wildman–Crippen MR) is 37.9 cm³/mol. The summed E-state index contributed by atoms with van der Waals surface area (Å²) in [4.78, 5) is 5.05. The van der Waals surface area contributed by atoms with E-state index in [4.69, 9.17) is 10.9 Å². The predicted octanol–water partition coefficient (Wildman–Crippen LogP) is -0.618. The second-order valence-corrected chi connectivity index (χ2v) is 3.15. The molecule has 0 aromatic rings. The van der Waals surface area contributed by atoms with Crippen LogP contribution in [-0.4, -0.2) is 48.2 Å². The molecule has 0 amide bonds. The Labute approximate surface area is 67.1 Å². The number of rotatable bonds is 1. The number of hydroxylamine groups is 2. The van der Waals surface area contributed by atoms with Crippen LogP contribution in [0, 0.1) is 0 Å². The first-order valence-electron chi connectivity index (χ1n) is 4.36. The Kier molecular flexibility index (Phi) is 1.25. The average molecular weight is 160 g/mol. The number of hydrogen-bond donors (Lipinski definition) is 1. The minimum Gasteiger partial charge on any atom is -0.388 e. The molecule has 2 aliphatic rings. The van der Waals surface area contributed by atoms with Crippen molar-refractivity contribution in [3.8, 4) is 0 Å². The fraction of sp³-hybridized carbons (Fsp3) is 1.00. The molecular formula is C7H13NO3. The van der Waals surface area contributed by atoms with Crippen molar-refractivity contribution in [2.24, 2.45) is 0 Å². The van der Waals surface area contributed by atoms with Crippen molar-refractivity contribution in [3.63, 3.8) is 0 Å². The maximum absolute atomic E-state index is 9.71. The summed E-state index contributed by atoms with van der Waals surface area (Å²) < 4.78 is 12.7. The second-order valence-electron chi connectivity index (χ2n) is 3.15. The van der Waals surface area contributed by atoms with Crippen LogP contribution in [0.3, 0.4) is 0 Å². The van der Waals surface area contributed by atoms with Crippen LogP contribution in [-0.2, 0) is 9.57 Å². The third-order valence-corrected chi connectivity index (χ3v) is 2.47. The molecule has 0 unspecified atom stereocenters. The number of aliphatic hydroxyl groups excluding tert-OH is 1. The molecule has 0 aliphatic carbocycles. The molecule has 0 aromatic carbocycles. The van der Waals surface area contributed by atoms with Crippen molar-refractivity contribution in [2.75, 3.05) is 20.3 Å². The smallest absolute Gasteiger partial charge is 0.108 e. The van der Waals surface area contributed by atoms with Crippen LogP contribution in [0.2, 0.25) is 0 Å². The van der Waals surface area contributed by atoms with Crippen LogP contribution < -0.4 is 0 Å². The SMILES string of the molecule is [2H]C[C@]12CN(OC)[C@H](CO1)[C@H]2O. The standard InChI is InChI=1S/C7H13NO3/c1-7-4-8(10-2)5(3-11-7)6(7)9/h5-6,9H,3-4H2,1-2H3/t5-,6-,7-/m1/s1/i1D. The van der Waals surface area contributed by atoms with Crippen molar-refractivity contribution < 1.29 is 16.1 Å². The zero-order chi connectivity index (χ0) is 8.77. The molecule has 2 fully saturated rings. The molecule has 0 spiro atoms. The summed E-state index contributed by atoms with van der Waals surface area (Å²) in [5.74, 6) is 0. The van der Waals surface area contributed by atoms with Crippen LogP contribution in [0.15, 0.2) is 0 Å². The maximum Gasteiger partial charge on any atom is 0.108 e. The van der Waals surface area contributed by atoms with E-state index in [9.17, 15) is 5.11 Å². The number of nitrogens with zero attached hydrogens (tertiary/aromatic N) is 1. The van der Waals surface area contributed by atoms with Gasteiger partial charge in [-0.3, -0.25) is 0 Å². The van der Waals surface area contributed by atoms with E-state index in [1.165, 1.54) is 0 Å². The number of fused-ring (bicyclic) bond motifs is 2. The Bertz CT molecular complexity index is 191. The molecule has 1 N–H and O–H groups in total. The lowest BCUT2D eigenvalue weighted by Gasteiger charge is -2.27. The summed E-state index contributed by atoms with van der Waals surface area (Å²) in [6.07, 6.45) is -0.574. The zero-order valence-corrected chi connectivity index (χ0v) is 6.49. The third-order valence-electron chi connectivity index (χ3n) is 2.47. The van der Waals surface area contributed by atoms with Crippen LogP contribution in [0.25, 0.3) is 0 Å². The van der Waals surface area contributed by atoms with Crippen LogP contribution in [0.5, 0.6) is 0 Å². The first-order valence-corrected chi connectivity index (χ1v) is 3.65. The van der Waals surface area contributed by atoms with Gasteiger partial charge in [0.05, 0.1) is 26.3 Å². The monoisotopic (exact) mass is 160 g/mol. The van der Waals surface area contributed by atoms with E-state index in [0.29, 0.717) is 13.2 Å². The summed E-state index contributed by atoms with van der Waals surface area (Å²) in [5.41, 5.74) is -0.694. The number of hydrogen-bond acceptors (Lipinski definition) is 4. The summed E-state index contributed by atoms with van der Waals surface area (Å²) >= 11 is 0. The van der Waals surface area contributed by atoms with Gasteiger partial charge in [-0.15, -0.1) is 0 Å². The summed E-state index contributed by atoms with van der Waals surface area (Å²) in [6, 6.07) is -0.0830. The maximum atomic E-state index is 9.71. The third kappa shape index (κ3) is 0.840. The minimum atomic E-state index is -0.694. The molecule has 4 heteroatoms. The highest BCUT2D eigenvalue weighted by Crippen LogP contribution is 2.37. The van der Waals surface area contributed by atoms with Gasteiger partial charge in [-0.1, -0.05) is 0 Å². The molecule has 3 atom stereocenters. The molecular weight excluding hydrogens is 146 g/mol. The van der Waals surface area contributed by atoms with Gasteiger partial charge in [-0.25, -0.2) is 0 Å². The van der Waals surface area contributed by atoms with E-state index in [2.05, 4.69) is 0 Å².